The summed E-state index contributed by atoms with van der Waals surface area (Å²) in [5.41, 5.74) is 5.98. The van der Waals surface area contributed by atoms with Gasteiger partial charge in [0.15, 0.2) is 6.61 Å². The van der Waals surface area contributed by atoms with E-state index in [4.69, 9.17) is 16.3 Å². The monoisotopic (exact) mass is 350 g/mol. The SMILES string of the molecule is O=C(COc1ccccc1Cl)NNC(=O)c1cc2c(s1)CCC2. The third-order valence-corrected chi connectivity index (χ3v) is 5.03. The Hall–Kier alpha value is -2.05. The van der Waals surface area contributed by atoms with Crippen LogP contribution in [-0.2, 0) is 17.6 Å². The predicted molar refractivity (Wildman–Crippen MR) is 88.9 cm³/mol. The van der Waals surface area contributed by atoms with Crippen LogP contribution in [0, 0.1) is 0 Å². The second-order valence-electron chi connectivity index (χ2n) is 5.13. The van der Waals surface area contributed by atoms with Crippen LogP contribution in [0.1, 0.15) is 26.5 Å². The highest BCUT2D eigenvalue weighted by Gasteiger charge is 2.18. The lowest BCUT2D eigenvalue weighted by Gasteiger charge is -2.09. The molecule has 1 heterocycles. The van der Waals surface area contributed by atoms with Gasteiger partial charge in [0.1, 0.15) is 5.75 Å². The second-order valence-corrected chi connectivity index (χ2v) is 6.68. The fourth-order valence-electron chi connectivity index (χ4n) is 2.37. The minimum absolute atomic E-state index is 0.231. The average molecular weight is 351 g/mol. The molecule has 2 amide bonds. The molecule has 2 N–H and O–H groups in total. The topological polar surface area (TPSA) is 67.4 Å². The average Bonchev–Trinajstić information content (AvgIpc) is 3.13. The number of hydrogen-bond acceptors (Lipinski definition) is 4. The van der Waals surface area contributed by atoms with Gasteiger partial charge in [0.2, 0.25) is 0 Å². The van der Waals surface area contributed by atoms with E-state index in [1.807, 2.05) is 6.07 Å². The molecule has 0 unspecified atom stereocenters. The summed E-state index contributed by atoms with van der Waals surface area (Å²) < 4.78 is 5.29. The minimum Gasteiger partial charge on any atom is -0.482 e. The Morgan fingerprint density at radius 3 is 2.83 bits per heavy atom. The van der Waals surface area contributed by atoms with Crippen molar-refractivity contribution in [2.24, 2.45) is 0 Å². The maximum absolute atomic E-state index is 12.0. The lowest BCUT2D eigenvalue weighted by Crippen LogP contribution is -2.43. The molecule has 0 radical (unpaired) electrons. The molecule has 0 fully saturated rings. The Morgan fingerprint density at radius 2 is 2.04 bits per heavy atom. The molecule has 0 saturated heterocycles. The lowest BCUT2D eigenvalue weighted by atomic mass is 10.2. The number of fused-ring (bicyclic) bond motifs is 1. The molecule has 0 bridgehead atoms. The number of para-hydroxylation sites is 1. The molecule has 2 aromatic rings. The van der Waals surface area contributed by atoms with Crippen molar-refractivity contribution < 1.29 is 14.3 Å². The van der Waals surface area contributed by atoms with E-state index in [1.54, 1.807) is 24.3 Å². The highest BCUT2D eigenvalue weighted by molar-refractivity contribution is 7.14. The van der Waals surface area contributed by atoms with Crippen molar-refractivity contribution in [1.29, 1.82) is 0 Å². The van der Waals surface area contributed by atoms with Crippen molar-refractivity contribution in [3.63, 3.8) is 0 Å². The van der Waals surface area contributed by atoms with Crippen molar-refractivity contribution in [3.8, 4) is 5.75 Å². The van der Waals surface area contributed by atoms with Crippen LogP contribution in [0.25, 0.3) is 0 Å². The molecule has 0 saturated carbocycles. The van der Waals surface area contributed by atoms with Gasteiger partial charge in [0, 0.05) is 4.88 Å². The third kappa shape index (κ3) is 3.83. The molecule has 1 aromatic heterocycles. The zero-order valence-electron chi connectivity index (χ0n) is 12.2. The number of carbonyl (C=O) groups excluding carboxylic acids is 2. The standard InChI is InChI=1S/C16H15ClN2O3S/c17-11-5-1-2-6-12(11)22-9-15(20)18-19-16(21)14-8-10-4-3-7-13(10)23-14/h1-2,5-6,8H,3-4,7,9H2,(H,18,20)(H,19,21). The van der Waals surface area contributed by atoms with Gasteiger partial charge in [-0.1, -0.05) is 23.7 Å². The fraction of sp³-hybridized carbons (Fsp3) is 0.250. The Morgan fingerprint density at radius 1 is 1.22 bits per heavy atom. The molecule has 0 aliphatic heterocycles. The smallest absolute Gasteiger partial charge is 0.279 e. The summed E-state index contributed by atoms with van der Waals surface area (Å²) in [6.07, 6.45) is 3.21. The number of carbonyl (C=O) groups is 2. The summed E-state index contributed by atoms with van der Waals surface area (Å²) in [6, 6.07) is 8.77. The fourth-order valence-corrected chi connectivity index (χ4v) is 3.71. The number of ether oxygens (including phenoxy) is 1. The zero-order valence-corrected chi connectivity index (χ0v) is 13.8. The van der Waals surface area contributed by atoms with E-state index >= 15 is 0 Å². The zero-order chi connectivity index (χ0) is 16.2. The minimum atomic E-state index is -0.456. The number of halogens is 1. The number of thiophene rings is 1. The molecule has 1 aromatic carbocycles. The van der Waals surface area contributed by atoms with Gasteiger partial charge in [-0.2, -0.15) is 0 Å². The van der Waals surface area contributed by atoms with Gasteiger partial charge in [0.25, 0.3) is 11.8 Å². The molecular formula is C16H15ClN2O3S. The quantitative estimate of drug-likeness (QED) is 0.833. The Balaban J connectivity index is 1.47. The van der Waals surface area contributed by atoms with Crippen LogP contribution in [-0.4, -0.2) is 18.4 Å². The number of aryl methyl sites for hydroxylation is 2. The second kappa shape index (κ2) is 7.02. The molecule has 1 aliphatic carbocycles. The first kappa shape index (κ1) is 15.8. The van der Waals surface area contributed by atoms with Crippen LogP contribution in [0.15, 0.2) is 30.3 Å². The Kier molecular flexibility index (Phi) is 4.83. The van der Waals surface area contributed by atoms with Crippen molar-refractivity contribution >= 4 is 34.8 Å². The van der Waals surface area contributed by atoms with Gasteiger partial charge in [-0.15, -0.1) is 11.3 Å². The summed E-state index contributed by atoms with van der Waals surface area (Å²) in [5, 5.41) is 0.428. The number of hydrazine groups is 1. The van der Waals surface area contributed by atoms with E-state index in [9.17, 15) is 9.59 Å². The van der Waals surface area contributed by atoms with Gasteiger partial charge in [0.05, 0.1) is 9.90 Å². The van der Waals surface area contributed by atoms with Crippen molar-refractivity contribution in [2.75, 3.05) is 6.61 Å². The largest absolute Gasteiger partial charge is 0.482 e. The first-order chi connectivity index (χ1) is 11.1. The summed E-state index contributed by atoms with van der Waals surface area (Å²) in [4.78, 5) is 25.6. The molecule has 0 spiro atoms. The number of hydrogen-bond donors (Lipinski definition) is 2. The van der Waals surface area contributed by atoms with Crippen LogP contribution < -0.4 is 15.6 Å². The van der Waals surface area contributed by atoms with E-state index in [0.717, 1.165) is 19.3 Å². The maximum atomic E-state index is 12.0. The highest BCUT2D eigenvalue weighted by atomic mass is 35.5. The number of rotatable bonds is 4. The van der Waals surface area contributed by atoms with Gasteiger partial charge in [-0.05, 0) is 43.0 Å². The van der Waals surface area contributed by atoms with E-state index in [0.29, 0.717) is 15.6 Å². The summed E-state index contributed by atoms with van der Waals surface area (Å²) in [5.74, 6) is -0.344. The number of benzene rings is 1. The molecular weight excluding hydrogens is 336 g/mol. The first-order valence-electron chi connectivity index (χ1n) is 7.21. The lowest BCUT2D eigenvalue weighted by molar-refractivity contribution is -0.123. The van der Waals surface area contributed by atoms with Crippen LogP contribution in [0.5, 0.6) is 5.75 Å². The molecule has 5 nitrogen and oxygen atoms in total. The molecule has 120 valence electrons. The maximum Gasteiger partial charge on any atom is 0.279 e. The van der Waals surface area contributed by atoms with Crippen LogP contribution in [0.2, 0.25) is 5.02 Å². The van der Waals surface area contributed by atoms with E-state index in [2.05, 4.69) is 10.9 Å². The first-order valence-corrected chi connectivity index (χ1v) is 8.41. The highest BCUT2D eigenvalue weighted by Crippen LogP contribution is 2.30. The van der Waals surface area contributed by atoms with Crippen LogP contribution in [0.4, 0.5) is 0 Å². The number of amides is 2. The van der Waals surface area contributed by atoms with Crippen molar-refractivity contribution in [3.05, 3.63) is 50.7 Å². The van der Waals surface area contributed by atoms with Gasteiger partial charge < -0.3 is 4.74 Å². The predicted octanol–water partition coefficient (Wildman–Crippen LogP) is 2.73. The van der Waals surface area contributed by atoms with E-state index in [-0.39, 0.29) is 12.5 Å². The van der Waals surface area contributed by atoms with Crippen LogP contribution in [0.3, 0.4) is 0 Å². The van der Waals surface area contributed by atoms with Gasteiger partial charge >= 0.3 is 0 Å². The summed E-state index contributed by atoms with van der Waals surface area (Å²) in [7, 11) is 0. The third-order valence-electron chi connectivity index (χ3n) is 3.48. The Bertz CT molecular complexity index is 723. The molecule has 0 atom stereocenters. The molecule has 3 rings (SSSR count). The number of nitrogens with one attached hydrogen (secondary N) is 2. The summed E-state index contributed by atoms with van der Waals surface area (Å²) >= 11 is 7.41. The van der Waals surface area contributed by atoms with E-state index < -0.39 is 5.91 Å². The van der Waals surface area contributed by atoms with E-state index in [1.165, 1.54) is 21.8 Å². The van der Waals surface area contributed by atoms with Gasteiger partial charge in [-0.3, -0.25) is 20.4 Å². The van der Waals surface area contributed by atoms with Crippen LogP contribution >= 0.6 is 22.9 Å². The molecule has 7 heteroatoms. The van der Waals surface area contributed by atoms with Crippen molar-refractivity contribution in [1.82, 2.24) is 10.9 Å². The summed E-state index contributed by atoms with van der Waals surface area (Å²) in [6.45, 7) is -0.231. The van der Waals surface area contributed by atoms with Crippen molar-refractivity contribution in [2.45, 2.75) is 19.3 Å². The normalized spacial score (nSPS) is 12.6. The van der Waals surface area contributed by atoms with Gasteiger partial charge in [-0.25, -0.2) is 0 Å². The Labute approximate surface area is 142 Å². The molecule has 1 aliphatic rings. The molecule has 23 heavy (non-hydrogen) atoms.